The molecule has 0 unspecified atom stereocenters. The van der Waals surface area contributed by atoms with Gasteiger partial charge in [-0.1, -0.05) is 77.9 Å². The Balaban J connectivity index is 1.88. The van der Waals surface area contributed by atoms with Crippen LogP contribution in [0.25, 0.3) is 44.3 Å². The van der Waals surface area contributed by atoms with E-state index in [1.165, 1.54) is 11.1 Å². The Labute approximate surface area is 207 Å². The van der Waals surface area contributed by atoms with Gasteiger partial charge in [0.05, 0.1) is 17.3 Å². The molecule has 0 aliphatic rings. The van der Waals surface area contributed by atoms with Crippen molar-refractivity contribution in [2.75, 3.05) is 0 Å². The van der Waals surface area contributed by atoms with E-state index < -0.39 is 0 Å². The Bertz CT molecular complexity index is 1590. The average Bonchev–Trinajstić information content (AvgIpc) is 3.21. The van der Waals surface area contributed by atoms with Gasteiger partial charge < -0.3 is 4.42 Å². The molecule has 0 saturated heterocycles. The topological polar surface area (TPSA) is 49.8 Å². The Hall–Kier alpha value is -3.90. The first kappa shape index (κ1) is 22.9. The predicted octanol–water partition coefficient (Wildman–Crippen LogP) is 8.78. The first-order valence-corrected chi connectivity index (χ1v) is 12.0. The number of furan rings is 1. The van der Waals surface area contributed by atoms with Gasteiger partial charge in [0.25, 0.3) is 0 Å². The molecule has 3 aromatic carbocycles. The van der Waals surface area contributed by atoms with Crippen LogP contribution >= 0.6 is 0 Å². The van der Waals surface area contributed by atoms with Crippen LogP contribution in [0, 0.1) is 11.3 Å². The average molecular weight is 459 g/mol. The molecule has 0 spiro atoms. The van der Waals surface area contributed by atoms with Gasteiger partial charge in [-0.05, 0) is 57.9 Å². The normalized spacial score (nSPS) is 12.3. The summed E-state index contributed by atoms with van der Waals surface area (Å²) in [6.45, 7) is 13.3. The summed E-state index contributed by atoms with van der Waals surface area (Å²) < 4.78 is 6.71. The van der Waals surface area contributed by atoms with Crippen molar-refractivity contribution in [3.05, 3.63) is 89.6 Å². The smallest absolute Gasteiger partial charge is 0.145 e. The summed E-state index contributed by atoms with van der Waals surface area (Å²) in [5.74, 6) is 0. The molecule has 0 aliphatic carbocycles. The maximum atomic E-state index is 10.0. The van der Waals surface area contributed by atoms with E-state index in [0.29, 0.717) is 5.56 Å². The Kier molecular flexibility index (Phi) is 5.29. The highest BCUT2D eigenvalue weighted by atomic mass is 16.3. The van der Waals surface area contributed by atoms with Crippen LogP contribution in [0.3, 0.4) is 0 Å². The van der Waals surface area contributed by atoms with E-state index in [0.717, 1.165) is 44.3 Å². The standard InChI is InChI=1S/C32H30N2O/c1-31(2,3)22-13-10-20(11-14-22)27-21(19-33)12-15-24-28-25(32(4,5)6)17-16-23(29(28)35-30(24)27)26-9-7-8-18-34-26/h7-18H,1-6H3. The number of hydrogen-bond acceptors (Lipinski definition) is 3. The lowest BCUT2D eigenvalue weighted by atomic mass is 9.82. The van der Waals surface area contributed by atoms with Gasteiger partial charge in [0, 0.05) is 28.1 Å². The van der Waals surface area contributed by atoms with E-state index in [1.807, 2.05) is 30.3 Å². The Morgan fingerprint density at radius 1 is 0.771 bits per heavy atom. The van der Waals surface area contributed by atoms with Crippen molar-refractivity contribution in [2.24, 2.45) is 0 Å². The summed E-state index contributed by atoms with van der Waals surface area (Å²) >= 11 is 0. The fraction of sp³-hybridized carbons (Fsp3) is 0.250. The largest absolute Gasteiger partial charge is 0.455 e. The van der Waals surface area contributed by atoms with Crippen LogP contribution in [0.2, 0.25) is 0 Å². The Morgan fingerprint density at radius 3 is 2.11 bits per heavy atom. The van der Waals surface area contributed by atoms with Crippen molar-refractivity contribution in [3.63, 3.8) is 0 Å². The minimum absolute atomic E-state index is 0.0567. The van der Waals surface area contributed by atoms with E-state index in [2.05, 4.69) is 89.0 Å². The van der Waals surface area contributed by atoms with Crippen molar-refractivity contribution in [3.8, 4) is 28.5 Å². The molecule has 0 fully saturated rings. The third kappa shape index (κ3) is 3.90. The zero-order valence-corrected chi connectivity index (χ0v) is 21.2. The van der Waals surface area contributed by atoms with Gasteiger partial charge in [-0.3, -0.25) is 4.98 Å². The number of nitrogens with zero attached hydrogens (tertiary/aromatic N) is 2. The quantitative estimate of drug-likeness (QED) is 0.265. The highest BCUT2D eigenvalue weighted by molar-refractivity contribution is 6.15. The van der Waals surface area contributed by atoms with Crippen molar-refractivity contribution in [2.45, 2.75) is 52.4 Å². The number of pyridine rings is 1. The molecule has 0 aliphatic heterocycles. The minimum Gasteiger partial charge on any atom is -0.455 e. The second-order valence-corrected chi connectivity index (χ2v) is 11.2. The zero-order valence-electron chi connectivity index (χ0n) is 21.2. The second kappa shape index (κ2) is 8.10. The molecule has 3 heteroatoms. The van der Waals surface area contributed by atoms with Crippen molar-refractivity contribution in [1.29, 1.82) is 5.26 Å². The molecule has 0 bridgehead atoms. The van der Waals surface area contributed by atoms with Crippen molar-refractivity contribution in [1.82, 2.24) is 4.98 Å². The van der Waals surface area contributed by atoms with Gasteiger partial charge in [0.2, 0.25) is 0 Å². The molecule has 0 N–H and O–H groups in total. The van der Waals surface area contributed by atoms with E-state index in [1.54, 1.807) is 6.20 Å². The number of benzene rings is 3. The molecule has 0 saturated carbocycles. The second-order valence-electron chi connectivity index (χ2n) is 11.2. The molecule has 2 aromatic heterocycles. The van der Waals surface area contributed by atoms with Gasteiger partial charge in [-0.2, -0.15) is 5.26 Å². The summed E-state index contributed by atoms with van der Waals surface area (Å²) in [6, 6.07) is 25.1. The van der Waals surface area contributed by atoms with E-state index in [-0.39, 0.29) is 10.8 Å². The molecular weight excluding hydrogens is 428 g/mol. The zero-order chi connectivity index (χ0) is 25.0. The van der Waals surface area contributed by atoms with Gasteiger partial charge in [-0.15, -0.1) is 0 Å². The molecular formula is C32H30N2O. The van der Waals surface area contributed by atoms with Crippen LogP contribution in [0.5, 0.6) is 0 Å². The monoisotopic (exact) mass is 458 g/mol. The van der Waals surface area contributed by atoms with Gasteiger partial charge in [-0.25, -0.2) is 0 Å². The van der Waals surface area contributed by atoms with Gasteiger partial charge in [0.15, 0.2) is 0 Å². The fourth-order valence-corrected chi connectivity index (χ4v) is 4.81. The van der Waals surface area contributed by atoms with Crippen LogP contribution in [0.15, 0.2) is 77.3 Å². The van der Waals surface area contributed by atoms with E-state index in [9.17, 15) is 5.26 Å². The molecule has 174 valence electrons. The number of rotatable bonds is 2. The van der Waals surface area contributed by atoms with Crippen molar-refractivity contribution >= 4 is 21.9 Å². The lowest BCUT2D eigenvalue weighted by molar-refractivity contribution is 0.590. The maximum absolute atomic E-state index is 10.0. The summed E-state index contributed by atoms with van der Waals surface area (Å²) in [4.78, 5) is 4.60. The summed E-state index contributed by atoms with van der Waals surface area (Å²) in [6.07, 6.45) is 1.80. The molecule has 0 atom stereocenters. The SMILES string of the molecule is CC(C)(C)c1ccc(-c2c(C#N)ccc3c2oc2c(-c4ccccn4)ccc(C(C)(C)C)c23)cc1. The highest BCUT2D eigenvalue weighted by Gasteiger charge is 2.26. The lowest BCUT2D eigenvalue weighted by Gasteiger charge is -2.21. The van der Waals surface area contributed by atoms with Crippen molar-refractivity contribution < 1.29 is 4.42 Å². The summed E-state index contributed by atoms with van der Waals surface area (Å²) in [5, 5.41) is 12.1. The predicted molar refractivity (Wildman–Crippen MR) is 145 cm³/mol. The molecule has 3 nitrogen and oxygen atoms in total. The first-order chi connectivity index (χ1) is 16.6. The molecule has 5 aromatic rings. The molecule has 0 radical (unpaired) electrons. The molecule has 2 heterocycles. The maximum Gasteiger partial charge on any atom is 0.145 e. The summed E-state index contributed by atoms with van der Waals surface area (Å²) in [7, 11) is 0. The third-order valence-corrected chi connectivity index (χ3v) is 6.70. The Morgan fingerprint density at radius 2 is 1.51 bits per heavy atom. The molecule has 35 heavy (non-hydrogen) atoms. The van der Waals surface area contributed by atoms with Gasteiger partial charge in [0.1, 0.15) is 11.2 Å². The minimum atomic E-state index is -0.0832. The van der Waals surface area contributed by atoms with Crippen LogP contribution in [0.1, 0.15) is 58.2 Å². The van der Waals surface area contributed by atoms with Crippen LogP contribution in [-0.2, 0) is 10.8 Å². The highest BCUT2D eigenvalue weighted by Crippen LogP contribution is 2.45. The molecule has 0 amide bonds. The van der Waals surface area contributed by atoms with E-state index in [4.69, 9.17) is 4.42 Å². The number of nitriles is 1. The van der Waals surface area contributed by atoms with Crippen LogP contribution in [0.4, 0.5) is 0 Å². The van der Waals surface area contributed by atoms with Crippen LogP contribution < -0.4 is 0 Å². The van der Waals surface area contributed by atoms with E-state index >= 15 is 0 Å². The van der Waals surface area contributed by atoms with Gasteiger partial charge >= 0.3 is 0 Å². The third-order valence-electron chi connectivity index (χ3n) is 6.70. The first-order valence-electron chi connectivity index (χ1n) is 12.0. The summed E-state index contributed by atoms with van der Waals surface area (Å²) in [5.41, 5.74) is 8.26. The number of aromatic nitrogens is 1. The van der Waals surface area contributed by atoms with Crippen LogP contribution in [-0.4, -0.2) is 4.98 Å². The fourth-order valence-electron chi connectivity index (χ4n) is 4.81. The number of fused-ring (bicyclic) bond motifs is 3. The number of hydrogen-bond donors (Lipinski definition) is 0. The lowest BCUT2D eigenvalue weighted by Crippen LogP contribution is -2.11. The molecule has 5 rings (SSSR count).